The van der Waals surface area contributed by atoms with E-state index in [1.165, 1.54) is 0 Å². The Balaban J connectivity index is 1.61. The van der Waals surface area contributed by atoms with Crippen molar-refractivity contribution in [1.82, 2.24) is 0 Å². The van der Waals surface area contributed by atoms with E-state index in [-0.39, 0.29) is 29.7 Å². The fraction of sp³-hybridized carbons (Fsp3) is 0.250. The van der Waals surface area contributed by atoms with Gasteiger partial charge in [-0.25, -0.2) is 0 Å². The van der Waals surface area contributed by atoms with Gasteiger partial charge in [-0.2, -0.15) is 0 Å². The summed E-state index contributed by atoms with van der Waals surface area (Å²) in [6.07, 6.45) is 0.806. The summed E-state index contributed by atoms with van der Waals surface area (Å²) < 4.78 is 5.05. The highest BCUT2D eigenvalue weighted by atomic mass is 16.5. The van der Waals surface area contributed by atoms with E-state index < -0.39 is 0 Å². The molecule has 2 atom stereocenters. The first-order chi connectivity index (χ1) is 13.0. The molecule has 0 aromatic heterocycles. The maximum atomic E-state index is 12.4. The van der Waals surface area contributed by atoms with Crippen molar-refractivity contribution in [2.24, 2.45) is 11.7 Å². The number of guanidine groups is 1. The van der Waals surface area contributed by atoms with E-state index in [4.69, 9.17) is 15.9 Å². The highest BCUT2D eigenvalue weighted by Crippen LogP contribution is 2.48. The molecule has 0 radical (unpaired) electrons. The summed E-state index contributed by atoms with van der Waals surface area (Å²) in [5, 5.41) is 12.7. The van der Waals surface area contributed by atoms with Gasteiger partial charge in [0.15, 0.2) is 5.96 Å². The smallest absolute Gasteiger partial charge is 0.309 e. The van der Waals surface area contributed by atoms with Crippen molar-refractivity contribution >= 4 is 29.2 Å². The Morgan fingerprint density at radius 2 is 1.89 bits per heavy atom. The van der Waals surface area contributed by atoms with Crippen molar-refractivity contribution in [3.63, 3.8) is 0 Å². The Labute approximate surface area is 157 Å². The number of ether oxygens (including phenoxy) is 1. The zero-order chi connectivity index (χ0) is 19.4. The van der Waals surface area contributed by atoms with Crippen molar-refractivity contribution < 1.29 is 14.3 Å². The molecule has 1 aliphatic carbocycles. The third kappa shape index (κ3) is 4.63. The van der Waals surface area contributed by atoms with Crippen LogP contribution in [0.4, 0.5) is 11.4 Å². The molecule has 0 saturated heterocycles. The van der Waals surface area contributed by atoms with E-state index in [0.717, 1.165) is 12.0 Å². The Bertz CT molecular complexity index is 864. The Morgan fingerprint density at radius 3 is 2.56 bits per heavy atom. The quantitative estimate of drug-likeness (QED) is 0.356. The van der Waals surface area contributed by atoms with E-state index in [9.17, 15) is 9.59 Å². The fourth-order valence-corrected chi connectivity index (χ4v) is 2.98. The van der Waals surface area contributed by atoms with Gasteiger partial charge < -0.3 is 21.1 Å². The summed E-state index contributed by atoms with van der Waals surface area (Å²) in [5.41, 5.74) is 8.07. The van der Waals surface area contributed by atoms with Crippen LogP contribution < -0.4 is 16.4 Å². The largest absolute Gasteiger partial charge is 0.466 e. The Hall–Kier alpha value is -3.35. The maximum Gasteiger partial charge on any atom is 0.309 e. The van der Waals surface area contributed by atoms with Crippen molar-refractivity contribution in [3.8, 4) is 0 Å². The molecule has 140 valence electrons. The van der Waals surface area contributed by atoms with Crippen LogP contribution >= 0.6 is 0 Å². The predicted octanol–water partition coefficient (Wildman–Crippen LogP) is 2.91. The average molecular weight is 366 g/mol. The first-order valence-electron chi connectivity index (χ1n) is 8.77. The number of hydrogen-bond acceptors (Lipinski definition) is 4. The number of anilines is 2. The average Bonchev–Trinajstić information content (AvgIpc) is 3.43. The second kappa shape index (κ2) is 7.90. The van der Waals surface area contributed by atoms with Gasteiger partial charge in [0.25, 0.3) is 5.91 Å². The third-order valence-corrected chi connectivity index (χ3v) is 4.38. The molecule has 1 fully saturated rings. The van der Waals surface area contributed by atoms with Gasteiger partial charge in [-0.1, -0.05) is 18.2 Å². The zero-order valence-electron chi connectivity index (χ0n) is 15.0. The van der Waals surface area contributed by atoms with Gasteiger partial charge in [0.1, 0.15) is 0 Å². The Kier molecular flexibility index (Phi) is 5.40. The molecule has 2 aromatic rings. The standard InChI is InChI=1S/C20H22N4O3/c1-2-27-19(26)17-11-16(17)12-6-8-14(9-7-12)23-18(25)13-4-3-5-15(10-13)24-20(21)22/h3-10,16-17H,2,11H2,1H3,(H,23,25)(H4,21,22,24). The van der Waals surface area contributed by atoms with Gasteiger partial charge in [-0.15, -0.1) is 0 Å². The monoisotopic (exact) mass is 366 g/mol. The van der Waals surface area contributed by atoms with Gasteiger partial charge in [-0.05, 0) is 55.2 Å². The maximum absolute atomic E-state index is 12.4. The van der Waals surface area contributed by atoms with Crippen molar-refractivity contribution in [3.05, 3.63) is 59.7 Å². The van der Waals surface area contributed by atoms with Crippen LogP contribution in [0, 0.1) is 11.3 Å². The molecule has 7 heteroatoms. The van der Waals surface area contributed by atoms with Gasteiger partial charge in [-0.3, -0.25) is 15.0 Å². The third-order valence-electron chi connectivity index (χ3n) is 4.38. The predicted molar refractivity (Wildman–Crippen MR) is 104 cm³/mol. The molecule has 5 N–H and O–H groups in total. The highest BCUT2D eigenvalue weighted by molar-refractivity contribution is 6.05. The molecule has 7 nitrogen and oxygen atoms in total. The molecule has 0 aliphatic heterocycles. The minimum Gasteiger partial charge on any atom is -0.466 e. The molecular weight excluding hydrogens is 344 g/mol. The van der Waals surface area contributed by atoms with Crippen molar-refractivity contribution in [2.75, 3.05) is 17.2 Å². The lowest BCUT2D eigenvalue weighted by atomic mass is 10.1. The van der Waals surface area contributed by atoms with E-state index in [1.54, 1.807) is 31.2 Å². The van der Waals surface area contributed by atoms with Crippen LogP contribution in [-0.4, -0.2) is 24.4 Å². The molecule has 0 bridgehead atoms. The molecule has 3 rings (SSSR count). The second-order valence-electron chi connectivity index (χ2n) is 6.40. The number of carbonyl (C=O) groups is 2. The molecule has 1 saturated carbocycles. The summed E-state index contributed by atoms with van der Waals surface area (Å²) in [6.45, 7) is 2.20. The van der Waals surface area contributed by atoms with Crippen LogP contribution in [0.3, 0.4) is 0 Å². The van der Waals surface area contributed by atoms with Crippen molar-refractivity contribution in [1.29, 1.82) is 5.41 Å². The zero-order valence-corrected chi connectivity index (χ0v) is 15.0. The molecule has 0 spiro atoms. The van der Waals surface area contributed by atoms with Crippen LogP contribution in [0.25, 0.3) is 0 Å². The summed E-state index contributed by atoms with van der Waals surface area (Å²) in [4.78, 5) is 24.2. The van der Waals surface area contributed by atoms with E-state index in [2.05, 4.69) is 10.6 Å². The van der Waals surface area contributed by atoms with Crippen LogP contribution in [0.2, 0.25) is 0 Å². The van der Waals surface area contributed by atoms with Gasteiger partial charge in [0.05, 0.1) is 12.5 Å². The number of amides is 1. The molecule has 1 amide bonds. The number of rotatable bonds is 6. The number of nitrogens with two attached hydrogens (primary N) is 1. The number of benzene rings is 2. The van der Waals surface area contributed by atoms with Crippen molar-refractivity contribution in [2.45, 2.75) is 19.3 Å². The number of nitrogens with one attached hydrogen (secondary N) is 3. The molecule has 27 heavy (non-hydrogen) atoms. The first kappa shape index (κ1) is 18.4. The summed E-state index contributed by atoms with van der Waals surface area (Å²) in [6, 6.07) is 14.2. The van der Waals surface area contributed by atoms with Gasteiger partial charge in [0, 0.05) is 16.9 Å². The van der Waals surface area contributed by atoms with E-state index in [1.807, 2.05) is 24.3 Å². The van der Waals surface area contributed by atoms with Crippen LogP contribution in [0.15, 0.2) is 48.5 Å². The van der Waals surface area contributed by atoms with Crippen LogP contribution in [0.5, 0.6) is 0 Å². The lowest BCUT2D eigenvalue weighted by molar-refractivity contribution is -0.144. The fourth-order valence-electron chi connectivity index (χ4n) is 2.98. The van der Waals surface area contributed by atoms with Gasteiger partial charge in [0.2, 0.25) is 0 Å². The molecule has 2 aromatic carbocycles. The summed E-state index contributed by atoms with van der Waals surface area (Å²) in [7, 11) is 0. The molecular formula is C20H22N4O3. The molecule has 2 unspecified atom stereocenters. The van der Waals surface area contributed by atoms with E-state index in [0.29, 0.717) is 23.5 Å². The molecule has 1 aliphatic rings. The molecule has 0 heterocycles. The number of esters is 1. The van der Waals surface area contributed by atoms with E-state index >= 15 is 0 Å². The SMILES string of the molecule is CCOC(=O)C1CC1c1ccc(NC(=O)c2cccc(NC(=N)N)c2)cc1. The minimum atomic E-state index is -0.259. The topological polar surface area (TPSA) is 117 Å². The van der Waals surface area contributed by atoms with Crippen LogP contribution in [-0.2, 0) is 9.53 Å². The lowest BCUT2D eigenvalue weighted by Crippen LogP contribution is -2.20. The minimum absolute atomic E-state index is 0.0538. The Morgan fingerprint density at radius 1 is 1.15 bits per heavy atom. The lowest BCUT2D eigenvalue weighted by Gasteiger charge is -2.09. The summed E-state index contributed by atoms with van der Waals surface area (Å²) in [5.74, 6) is -0.445. The first-order valence-corrected chi connectivity index (χ1v) is 8.77. The highest BCUT2D eigenvalue weighted by Gasteiger charge is 2.45. The van der Waals surface area contributed by atoms with Gasteiger partial charge >= 0.3 is 5.97 Å². The number of hydrogen-bond donors (Lipinski definition) is 4. The normalized spacial score (nSPS) is 17.7. The second-order valence-corrected chi connectivity index (χ2v) is 6.40. The number of carbonyl (C=O) groups excluding carboxylic acids is 2. The van der Waals surface area contributed by atoms with Crippen LogP contribution in [0.1, 0.15) is 35.2 Å². The summed E-state index contributed by atoms with van der Waals surface area (Å²) >= 11 is 0.